The number of piperidine rings is 1. The van der Waals surface area contributed by atoms with Gasteiger partial charge < -0.3 is 14.4 Å². The van der Waals surface area contributed by atoms with Gasteiger partial charge in [0.15, 0.2) is 5.82 Å². The summed E-state index contributed by atoms with van der Waals surface area (Å²) >= 11 is 1.76. The predicted octanol–water partition coefficient (Wildman–Crippen LogP) is 5.37. The van der Waals surface area contributed by atoms with Gasteiger partial charge in [0.2, 0.25) is 0 Å². The molecule has 0 aliphatic carbocycles. The molecule has 4 heterocycles. The van der Waals surface area contributed by atoms with E-state index in [1.807, 2.05) is 39.8 Å². The third-order valence-corrected chi connectivity index (χ3v) is 8.15. The summed E-state index contributed by atoms with van der Waals surface area (Å²) in [6.45, 7) is 14.1. The van der Waals surface area contributed by atoms with Crippen molar-refractivity contribution in [3.8, 4) is 16.8 Å². The Kier molecular flexibility index (Phi) is 7.61. The Morgan fingerprint density at radius 3 is 2.51 bits per heavy atom. The maximum absolute atomic E-state index is 12.2. The molecule has 1 amide bonds. The summed E-state index contributed by atoms with van der Waals surface area (Å²) < 4.78 is 13.6. The van der Waals surface area contributed by atoms with Gasteiger partial charge in [0.05, 0.1) is 11.8 Å². The quantitative estimate of drug-likeness (QED) is 0.413. The molecule has 0 unspecified atom stereocenters. The largest absolute Gasteiger partial charge is 0.444 e. The number of amides is 1. The molecule has 3 aromatic rings. The van der Waals surface area contributed by atoms with Crippen molar-refractivity contribution >= 4 is 23.1 Å². The van der Waals surface area contributed by atoms with Crippen molar-refractivity contribution in [2.24, 2.45) is 4.99 Å². The van der Waals surface area contributed by atoms with E-state index in [0.29, 0.717) is 26.2 Å². The zero-order valence-electron chi connectivity index (χ0n) is 23.5. The minimum Gasteiger partial charge on any atom is -0.444 e. The first kappa shape index (κ1) is 27.1. The van der Waals surface area contributed by atoms with Gasteiger partial charge in [0.1, 0.15) is 29.6 Å². The molecule has 0 bridgehead atoms. The fourth-order valence-corrected chi connectivity index (χ4v) is 6.05. The van der Waals surface area contributed by atoms with Gasteiger partial charge in [-0.25, -0.2) is 4.79 Å². The van der Waals surface area contributed by atoms with Crippen LogP contribution in [-0.4, -0.2) is 62.9 Å². The van der Waals surface area contributed by atoms with Crippen LogP contribution in [0.2, 0.25) is 0 Å². The van der Waals surface area contributed by atoms with Crippen LogP contribution in [0.4, 0.5) is 4.79 Å². The van der Waals surface area contributed by atoms with Gasteiger partial charge in [-0.05, 0) is 72.1 Å². The van der Waals surface area contributed by atoms with E-state index in [4.69, 9.17) is 14.5 Å². The topological polar surface area (TPSA) is 81.8 Å². The number of aliphatic imine (C=N–C) groups is 1. The van der Waals surface area contributed by atoms with E-state index < -0.39 is 5.60 Å². The van der Waals surface area contributed by atoms with Crippen LogP contribution in [0.25, 0.3) is 5.00 Å². The van der Waals surface area contributed by atoms with Gasteiger partial charge in [-0.15, -0.1) is 21.5 Å². The van der Waals surface area contributed by atoms with Crippen LogP contribution in [-0.2, 0) is 16.0 Å². The number of thiophene rings is 1. The molecule has 1 fully saturated rings. The van der Waals surface area contributed by atoms with Crippen molar-refractivity contribution in [3.05, 3.63) is 63.0 Å². The minimum atomic E-state index is -0.479. The summed E-state index contributed by atoms with van der Waals surface area (Å²) in [5.41, 5.74) is 4.90. The van der Waals surface area contributed by atoms with Gasteiger partial charge in [-0.2, -0.15) is 0 Å². The van der Waals surface area contributed by atoms with Crippen molar-refractivity contribution < 1.29 is 14.3 Å². The number of hydrogen-bond acceptors (Lipinski definition) is 7. The summed E-state index contributed by atoms with van der Waals surface area (Å²) in [6.07, 6.45) is 1.43. The monoisotopic (exact) mass is 545 g/mol. The van der Waals surface area contributed by atoms with E-state index >= 15 is 0 Å². The molecule has 0 atom stereocenters. The molecule has 5 rings (SSSR count). The second-order valence-corrected chi connectivity index (χ2v) is 12.2. The van der Waals surface area contributed by atoms with Crippen molar-refractivity contribution in [1.29, 1.82) is 0 Å². The second-order valence-electron chi connectivity index (χ2n) is 11.0. The number of benzene rings is 1. The zero-order valence-corrected chi connectivity index (χ0v) is 24.3. The zero-order chi connectivity index (χ0) is 27.7. The van der Waals surface area contributed by atoms with Crippen molar-refractivity contribution in [2.75, 3.05) is 19.7 Å². The van der Waals surface area contributed by atoms with E-state index in [-0.39, 0.29) is 12.2 Å². The summed E-state index contributed by atoms with van der Waals surface area (Å²) in [6, 6.07) is 8.25. The number of carbonyl (C=O) groups is 1. The summed E-state index contributed by atoms with van der Waals surface area (Å²) in [5, 5.41) is 9.77. The number of hydrogen-bond donors (Lipinski definition) is 0. The predicted molar refractivity (Wildman–Crippen MR) is 153 cm³/mol. The molecule has 1 aromatic carbocycles. The standard InChI is InChI=1S/C30H35N5O3S/c1-19-20(2)39-28-26(19)27(31-18-25-33-32-21(3)35(25)28)23-11-9-22(10-12-23)8-7-17-37-24-13-15-34(16-14-24)29(36)38-30(4,5)6/h9-12,24H,13-18H2,1-6H3. The molecule has 39 heavy (non-hydrogen) atoms. The van der Waals surface area contributed by atoms with E-state index in [9.17, 15) is 4.79 Å². The average molecular weight is 546 g/mol. The number of ether oxygens (including phenoxy) is 2. The summed E-state index contributed by atoms with van der Waals surface area (Å²) in [5.74, 6) is 8.10. The first-order chi connectivity index (χ1) is 18.6. The van der Waals surface area contributed by atoms with Gasteiger partial charge in [-0.1, -0.05) is 24.0 Å². The number of nitrogens with zero attached hydrogens (tertiary/aromatic N) is 5. The van der Waals surface area contributed by atoms with Gasteiger partial charge >= 0.3 is 6.09 Å². The molecule has 0 radical (unpaired) electrons. The fourth-order valence-electron chi connectivity index (χ4n) is 4.82. The van der Waals surface area contributed by atoms with E-state index in [1.165, 1.54) is 10.4 Å². The third kappa shape index (κ3) is 5.92. The molecule has 2 aliphatic rings. The Hall–Kier alpha value is -3.48. The summed E-state index contributed by atoms with van der Waals surface area (Å²) in [7, 11) is 0. The summed E-state index contributed by atoms with van der Waals surface area (Å²) in [4.78, 5) is 20.2. The van der Waals surface area contributed by atoms with Crippen molar-refractivity contribution in [2.45, 2.75) is 72.6 Å². The number of rotatable bonds is 3. The molecule has 0 spiro atoms. The molecule has 9 heteroatoms. The maximum Gasteiger partial charge on any atom is 0.410 e. The third-order valence-electron chi connectivity index (χ3n) is 6.95. The van der Waals surface area contributed by atoms with E-state index in [0.717, 1.165) is 51.9 Å². The highest BCUT2D eigenvalue weighted by atomic mass is 32.1. The highest BCUT2D eigenvalue weighted by molar-refractivity contribution is 7.15. The minimum absolute atomic E-state index is 0.105. The van der Waals surface area contributed by atoms with Crippen molar-refractivity contribution in [1.82, 2.24) is 19.7 Å². The lowest BCUT2D eigenvalue weighted by molar-refractivity contribution is -0.00375. The van der Waals surface area contributed by atoms with Crippen LogP contribution >= 0.6 is 11.3 Å². The molecular weight excluding hydrogens is 510 g/mol. The number of carbonyl (C=O) groups excluding carboxylic acids is 1. The van der Waals surface area contributed by atoms with Gasteiger partial charge in [0, 0.05) is 34.7 Å². The van der Waals surface area contributed by atoms with Gasteiger partial charge in [0.25, 0.3) is 0 Å². The smallest absolute Gasteiger partial charge is 0.410 e. The Balaban J connectivity index is 1.20. The molecule has 1 saturated heterocycles. The Bertz CT molecular complexity index is 1460. The van der Waals surface area contributed by atoms with E-state index in [1.54, 1.807) is 16.2 Å². The van der Waals surface area contributed by atoms with Crippen LogP contribution in [0.15, 0.2) is 29.3 Å². The van der Waals surface area contributed by atoms with Crippen molar-refractivity contribution in [3.63, 3.8) is 0 Å². The molecular formula is C30H35N5O3S. The molecule has 2 aromatic heterocycles. The molecule has 8 nitrogen and oxygen atoms in total. The van der Waals surface area contributed by atoms with Gasteiger partial charge in [-0.3, -0.25) is 9.56 Å². The first-order valence-electron chi connectivity index (χ1n) is 13.4. The number of aryl methyl sites for hydroxylation is 2. The Morgan fingerprint density at radius 1 is 1.10 bits per heavy atom. The number of aromatic nitrogens is 3. The molecule has 0 saturated carbocycles. The average Bonchev–Trinajstić information content (AvgIpc) is 3.34. The van der Waals surface area contributed by atoms with Crippen LogP contribution in [0.5, 0.6) is 0 Å². The first-order valence-corrected chi connectivity index (χ1v) is 14.2. The highest BCUT2D eigenvalue weighted by Crippen LogP contribution is 2.36. The van der Waals surface area contributed by atoms with E-state index in [2.05, 4.69) is 52.6 Å². The number of fused-ring (bicyclic) bond motifs is 3. The van der Waals surface area contributed by atoms with Crippen LogP contribution in [0.1, 0.15) is 72.4 Å². The normalized spacial score (nSPS) is 15.5. The lowest BCUT2D eigenvalue weighted by Crippen LogP contribution is -2.43. The lowest BCUT2D eigenvalue weighted by atomic mass is 9.99. The molecule has 2 aliphatic heterocycles. The SMILES string of the molecule is Cc1sc2c(c1C)C(c1ccc(C#CCOC3CCN(C(=O)OC(C)(C)C)CC3)cc1)=NCc1nnc(C)n1-2. The fraction of sp³-hybridized carbons (Fsp3) is 0.467. The van der Waals surface area contributed by atoms with Crippen LogP contribution < -0.4 is 0 Å². The van der Waals surface area contributed by atoms with Crippen LogP contribution in [0, 0.1) is 32.6 Å². The number of likely N-dealkylation sites (tertiary alicyclic amines) is 1. The molecule has 0 N–H and O–H groups in total. The Labute approximate surface area is 234 Å². The van der Waals surface area contributed by atoms with Crippen LogP contribution in [0.3, 0.4) is 0 Å². The molecule has 204 valence electrons. The Morgan fingerprint density at radius 2 is 1.82 bits per heavy atom. The lowest BCUT2D eigenvalue weighted by Gasteiger charge is -2.33. The highest BCUT2D eigenvalue weighted by Gasteiger charge is 2.28. The second kappa shape index (κ2) is 10.9. The maximum atomic E-state index is 12.2.